The van der Waals surface area contributed by atoms with E-state index in [2.05, 4.69) is 10.2 Å². The number of carbonyl (C=O) groups is 1. The lowest BCUT2D eigenvalue weighted by molar-refractivity contribution is -0.122. The molecule has 1 atom stereocenters. The van der Waals surface area contributed by atoms with Crippen molar-refractivity contribution in [1.29, 1.82) is 0 Å². The molecule has 1 amide bonds. The highest BCUT2D eigenvalue weighted by Crippen LogP contribution is 2.33. The Labute approximate surface area is 115 Å². The Morgan fingerprint density at radius 2 is 2.11 bits per heavy atom. The molecule has 0 spiro atoms. The van der Waals surface area contributed by atoms with Gasteiger partial charge in [-0.25, -0.2) is 0 Å². The molecule has 2 fully saturated rings. The number of rotatable bonds is 7. The van der Waals surface area contributed by atoms with Gasteiger partial charge < -0.3 is 15.2 Å². The molecular formula is C14H26N2O3. The van der Waals surface area contributed by atoms with E-state index < -0.39 is 5.60 Å². The first-order valence-corrected chi connectivity index (χ1v) is 7.34. The van der Waals surface area contributed by atoms with Gasteiger partial charge in [0.05, 0.1) is 18.8 Å². The van der Waals surface area contributed by atoms with Crippen LogP contribution in [-0.4, -0.2) is 60.9 Å². The first-order chi connectivity index (χ1) is 9.05. The number of aliphatic hydroxyl groups is 1. The van der Waals surface area contributed by atoms with Gasteiger partial charge in [-0.3, -0.25) is 9.69 Å². The van der Waals surface area contributed by atoms with Gasteiger partial charge >= 0.3 is 0 Å². The monoisotopic (exact) mass is 270 g/mol. The Balaban J connectivity index is 1.62. The molecule has 1 aliphatic carbocycles. The van der Waals surface area contributed by atoms with Crippen LogP contribution in [0, 0.1) is 5.92 Å². The molecule has 5 nitrogen and oxygen atoms in total. The number of ether oxygens (including phenoxy) is 1. The van der Waals surface area contributed by atoms with Crippen LogP contribution in [0.3, 0.4) is 0 Å². The maximum Gasteiger partial charge on any atom is 0.220 e. The van der Waals surface area contributed by atoms with Gasteiger partial charge in [0.25, 0.3) is 0 Å². The van der Waals surface area contributed by atoms with Crippen molar-refractivity contribution in [1.82, 2.24) is 10.2 Å². The Kier molecular flexibility index (Phi) is 5.19. The topological polar surface area (TPSA) is 61.8 Å². The van der Waals surface area contributed by atoms with E-state index in [0.29, 0.717) is 19.5 Å². The molecule has 1 heterocycles. The van der Waals surface area contributed by atoms with Gasteiger partial charge in [0.1, 0.15) is 0 Å². The maximum atomic E-state index is 11.7. The van der Waals surface area contributed by atoms with Crippen molar-refractivity contribution in [2.45, 2.75) is 38.2 Å². The summed E-state index contributed by atoms with van der Waals surface area (Å²) in [5, 5.41) is 13.2. The number of nitrogens with zero attached hydrogens (tertiary/aromatic N) is 1. The fourth-order valence-corrected chi connectivity index (χ4v) is 2.42. The normalized spacial score (nSPS) is 23.9. The average molecular weight is 270 g/mol. The molecule has 0 aromatic carbocycles. The molecule has 1 aliphatic heterocycles. The van der Waals surface area contributed by atoms with Gasteiger partial charge in [0.2, 0.25) is 5.91 Å². The number of morpholine rings is 1. The van der Waals surface area contributed by atoms with Crippen molar-refractivity contribution in [3.8, 4) is 0 Å². The van der Waals surface area contributed by atoms with E-state index in [9.17, 15) is 9.90 Å². The average Bonchev–Trinajstić information content (AvgIpc) is 3.19. The second kappa shape index (κ2) is 6.68. The highest BCUT2D eigenvalue weighted by molar-refractivity contribution is 5.75. The first kappa shape index (κ1) is 14.8. The minimum absolute atomic E-state index is 0.0640. The smallest absolute Gasteiger partial charge is 0.220 e. The van der Waals surface area contributed by atoms with E-state index in [1.54, 1.807) is 6.92 Å². The third-order valence-corrected chi connectivity index (χ3v) is 3.81. The summed E-state index contributed by atoms with van der Waals surface area (Å²) in [4.78, 5) is 13.8. The van der Waals surface area contributed by atoms with Crippen molar-refractivity contribution >= 4 is 5.91 Å². The van der Waals surface area contributed by atoms with Crippen LogP contribution in [0.1, 0.15) is 32.6 Å². The Bertz CT molecular complexity index is 297. The lowest BCUT2D eigenvalue weighted by Gasteiger charge is -2.33. The van der Waals surface area contributed by atoms with Crippen LogP contribution >= 0.6 is 0 Å². The zero-order valence-corrected chi connectivity index (χ0v) is 11.9. The van der Waals surface area contributed by atoms with Crippen molar-refractivity contribution < 1.29 is 14.6 Å². The Hall–Kier alpha value is -0.650. The second-order valence-corrected chi connectivity index (χ2v) is 6.14. The van der Waals surface area contributed by atoms with Gasteiger partial charge in [0, 0.05) is 32.6 Å². The number of amides is 1. The van der Waals surface area contributed by atoms with Crippen LogP contribution in [0.25, 0.3) is 0 Å². The number of hydrogen-bond donors (Lipinski definition) is 2. The summed E-state index contributed by atoms with van der Waals surface area (Å²) in [6, 6.07) is 0. The lowest BCUT2D eigenvalue weighted by atomic mass is 10.1. The maximum absolute atomic E-state index is 11.7. The van der Waals surface area contributed by atoms with Crippen LogP contribution in [0.5, 0.6) is 0 Å². The third kappa shape index (κ3) is 5.89. The van der Waals surface area contributed by atoms with Gasteiger partial charge in [-0.15, -0.1) is 0 Å². The third-order valence-electron chi connectivity index (χ3n) is 3.81. The molecule has 1 saturated carbocycles. The molecule has 2 rings (SSSR count). The summed E-state index contributed by atoms with van der Waals surface area (Å²) in [5.41, 5.74) is -0.868. The van der Waals surface area contributed by atoms with Crippen molar-refractivity contribution in [2.75, 3.05) is 39.4 Å². The van der Waals surface area contributed by atoms with Crippen molar-refractivity contribution in [3.63, 3.8) is 0 Å². The summed E-state index contributed by atoms with van der Waals surface area (Å²) in [7, 11) is 0. The molecular weight excluding hydrogens is 244 g/mol. The molecule has 0 radical (unpaired) electrons. The van der Waals surface area contributed by atoms with E-state index in [4.69, 9.17) is 4.74 Å². The molecule has 110 valence electrons. The Morgan fingerprint density at radius 1 is 1.42 bits per heavy atom. The number of nitrogens with one attached hydrogen (secondary N) is 1. The fraction of sp³-hybridized carbons (Fsp3) is 0.929. The first-order valence-electron chi connectivity index (χ1n) is 7.34. The van der Waals surface area contributed by atoms with Crippen molar-refractivity contribution in [3.05, 3.63) is 0 Å². The summed E-state index contributed by atoms with van der Waals surface area (Å²) in [6.07, 6.45) is 4.15. The molecule has 0 bridgehead atoms. The van der Waals surface area contributed by atoms with Crippen LogP contribution in [0.4, 0.5) is 0 Å². The summed E-state index contributed by atoms with van der Waals surface area (Å²) >= 11 is 0. The minimum atomic E-state index is -0.868. The van der Waals surface area contributed by atoms with Gasteiger partial charge in [-0.1, -0.05) is 12.8 Å². The van der Waals surface area contributed by atoms with E-state index in [0.717, 1.165) is 38.6 Å². The molecule has 1 saturated heterocycles. The highest BCUT2D eigenvalue weighted by Gasteiger charge is 2.26. The van der Waals surface area contributed by atoms with Crippen LogP contribution in [0.2, 0.25) is 0 Å². The van der Waals surface area contributed by atoms with Gasteiger partial charge in [-0.2, -0.15) is 0 Å². The summed E-state index contributed by atoms with van der Waals surface area (Å²) in [6.45, 7) is 5.85. The molecule has 5 heteroatoms. The standard InChI is InChI=1S/C14H26N2O3/c1-14(18,11-16-6-8-19-9-7-16)10-15-13(17)5-4-12-2-3-12/h12,18H,2-11H2,1H3,(H,15,17). The van der Waals surface area contributed by atoms with Crippen LogP contribution < -0.4 is 5.32 Å². The number of carbonyl (C=O) groups excluding carboxylic acids is 1. The lowest BCUT2D eigenvalue weighted by Crippen LogP contribution is -2.51. The van der Waals surface area contributed by atoms with E-state index in [-0.39, 0.29) is 5.91 Å². The Morgan fingerprint density at radius 3 is 2.74 bits per heavy atom. The van der Waals surface area contributed by atoms with E-state index >= 15 is 0 Å². The molecule has 0 aromatic heterocycles. The van der Waals surface area contributed by atoms with E-state index in [1.165, 1.54) is 12.8 Å². The largest absolute Gasteiger partial charge is 0.387 e. The SMILES string of the molecule is CC(O)(CNC(=O)CCC1CC1)CN1CCOCC1. The molecule has 0 aromatic rings. The quantitative estimate of drug-likeness (QED) is 0.702. The van der Waals surface area contributed by atoms with E-state index in [1.807, 2.05) is 0 Å². The zero-order valence-electron chi connectivity index (χ0n) is 11.9. The predicted molar refractivity (Wildman–Crippen MR) is 72.9 cm³/mol. The zero-order chi connectivity index (χ0) is 13.7. The van der Waals surface area contributed by atoms with Crippen LogP contribution in [0.15, 0.2) is 0 Å². The molecule has 2 aliphatic rings. The number of β-amino-alcohol motifs (C(OH)–C–C–N with tert-alkyl or cyclic N) is 1. The van der Waals surface area contributed by atoms with Crippen molar-refractivity contribution in [2.24, 2.45) is 5.92 Å². The predicted octanol–water partition coefficient (Wildman–Crippen LogP) is 0.376. The summed E-state index contributed by atoms with van der Waals surface area (Å²) < 4.78 is 5.28. The number of hydrogen-bond acceptors (Lipinski definition) is 4. The van der Waals surface area contributed by atoms with Gasteiger partial charge in [-0.05, 0) is 19.3 Å². The highest BCUT2D eigenvalue weighted by atomic mass is 16.5. The minimum Gasteiger partial charge on any atom is -0.387 e. The second-order valence-electron chi connectivity index (χ2n) is 6.14. The molecule has 1 unspecified atom stereocenters. The van der Waals surface area contributed by atoms with Crippen LogP contribution in [-0.2, 0) is 9.53 Å². The summed E-state index contributed by atoms with van der Waals surface area (Å²) in [5.74, 6) is 0.841. The molecule has 2 N–H and O–H groups in total. The van der Waals surface area contributed by atoms with Gasteiger partial charge in [0.15, 0.2) is 0 Å². The molecule has 19 heavy (non-hydrogen) atoms. The fourth-order valence-electron chi connectivity index (χ4n) is 2.42.